The third-order valence-electron chi connectivity index (χ3n) is 4.03. The van der Waals surface area contributed by atoms with Gasteiger partial charge in [-0.1, -0.05) is 45.7 Å². The highest BCUT2D eigenvalue weighted by Crippen LogP contribution is 2.40. The lowest BCUT2D eigenvalue weighted by Crippen LogP contribution is -2.25. The molecule has 0 saturated heterocycles. The predicted molar refractivity (Wildman–Crippen MR) is 130 cm³/mol. The molecule has 0 unspecified atom stereocenters. The monoisotopic (exact) mass is 652 g/mol. The summed E-state index contributed by atoms with van der Waals surface area (Å²) < 4.78 is 14.6. The van der Waals surface area contributed by atoms with Gasteiger partial charge < -0.3 is 9.47 Å². The molecule has 0 aliphatic carbocycles. The molecule has 0 heterocycles. The highest BCUT2D eigenvalue weighted by atomic mass is 79.9. The Balaban J connectivity index is 2.09. The second-order valence-electron chi connectivity index (χ2n) is 6.46. The molecule has 0 atom stereocenters. The first-order chi connectivity index (χ1) is 13.6. The van der Waals surface area contributed by atoms with Crippen LogP contribution in [0.4, 0.5) is 0 Å². The van der Waals surface area contributed by atoms with Gasteiger partial charge in [-0.3, -0.25) is 4.79 Å². The third kappa shape index (κ3) is 6.29. The van der Waals surface area contributed by atoms with Gasteiger partial charge in [-0.05, 0) is 74.0 Å². The number of hydrogen-bond donors (Lipinski definition) is 1. The maximum Gasteiger partial charge on any atom is 0.277 e. The van der Waals surface area contributed by atoms with Crippen molar-refractivity contribution in [2.75, 3.05) is 13.7 Å². The SMILES string of the molecule is COc1c(Br)cc(Br)cc1/C=N\NC(=O)COc1c(C(C)C)cc(Br)c(C)c1Br. The fraction of sp³-hybridized carbons (Fsp3) is 0.300. The molecular weight excluding hydrogens is 636 g/mol. The van der Waals surface area contributed by atoms with E-state index in [2.05, 4.69) is 88.1 Å². The highest BCUT2D eigenvalue weighted by molar-refractivity contribution is 9.11. The Kier molecular flexibility index (Phi) is 9.18. The maximum atomic E-state index is 12.2. The number of carbonyl (C=O) groups excluding carboxylic acids is 1. The predicted octanol–water partition coefficient (Wildman–Crippen LogP) is 6.71. The van der Waals surface area contributed by atoms with E-state index in [9.17, 15) is 4.79 Å². The summed E-state index contributed by atoms with van der Waals surface area (Å²) in [6, 6.07) is 5.73. The van der Waals surface area contributed by atoms with Crippen LogP contribution in [0.2, 0.25) is 0 Å². The van der Waals surface area contributed by atoms with Gasteiger partial charge in [-0.15, -0.1) is 0 Å². The fourth-order valence-electron chi connectivity index (χ4n) is 2.52. The molecule has 5 nitrogen and oxygen atoms in total. The van der Waals surface area contributed by atoms with Gasteiger partial charge in [0.2, 0.25) is 0 Å². The van der Waals surface area contributed by atoms with Crippen LogP contribution in [0.25, 0.3) is 0 Å². The molecule has 1 N–H and O–H groups in total. The summed E-state index contributed by atoms with van der Waals surface area (Å²) in [6.45, 7) is 5.96. The van der Waals surface area contributed by atoms with Gasteiger partial charge in [0.05, 0.1) is 22.3 Å². The van der Waals surface area contributed by atoms with E-state index in [1.807, 2.05) is 25.1 Å². The smallest absolute Gasteiger partial charge is 0.277 e. The van der Waals surface area contributed by atoms with Crippen molar-refractivity contribution in [3.05, 3.63) is 52.8 Å². The van der Waals surface area contributed by atoms with E-state index in [0.717, 1.165) is 29.0 Å². The summed E-state index contributed by atoms with van der Waals surface area (Å²) in [4.78, 5) is 12.2. The van der Waals surface area contributed by atoms with Gasteiger partial charge in [-0.2, -0.15) is 5.10 Å². The van der Waals surface area contributed by atoms with Crippen LogP contribution >= 0.6 is 63.7 Å². The molecule has 0 aliphatic rings. The van der Waals surface area contributed by atoms with Crippen molar-refractivity contribution in [1.82, 2.24) is 5.43 Å². The molecule has 0 radical (unpaired) electrons. The Morgan fingerprint density at radius 2 is 1.83 bits per heavy atom. The van der Waals surface area contributed by atoms with Crippen molar-refractivity contribution in [3.63, 3.8) is 0 Å². The molecule has 2 aromatic rings. The first-order valence-corrected chi connectivity index (χ1v) is 11.8. The number of hydrogen-bond acceptors (Lipinski definition) is 4. The minimum atomic E-state index is -0.364. The average molecular weight is 656 g/mol. The zero-order valence-corrected chi connectivity index (χ0v) is 22.6. The quantitative estimate of drug-likeness (QED) is 0.267. The Hall–Kier alpha value is -0.900. The number of rotatable bonds is 7. The summed E-state index contributed by atoms with van der Waals surface area (Å²) in [5, 5.41) is 4.01. The molecule has 2 aromatic carbocycles. The van der Waals surface area contributed by atoms with Gasteiger partial charge in [0.15, 0.2) is 6.61 Å². The largest absolute Gasteiger partial charge is 0.495 e. The normalized spacial score (nSPS) is 11.2. The summed E-state index contributed by atoms with van der Waals surface area (Å²) in [7, 11) is 1.57. The van der Waals surface area contributed by atoms with Crippen LogP contribution in [0.5, 0.6) is 11.5 Å². The van der Waals surface area contributed by atoms with Crippen molar-refractivity contribution < 1.29 is 14.3 Å². The maximum absolute atomic E-state index is 12.2. The second kappa shape index (κ2) is 10.9. The van der Waals surface area contributed by atoms with E-state index in [1.54, 1.807) is 7.11 Å². The first-order valence-electron chi connectivity index (χ1n) is 8.61. The van der Waals surface area contributed by atoms with E-state index < -0.39 is 0 Å². The molecule has 0 saturated carbocycles. The summed E-state index contributed by atoms with van der Waals surface area (Å²) in [6.07, 6.45) is 1.52. The lowest BCUT2D eigenvalue weighted by atomic mass is 10.0. The van der Waals surface area contributed by atoms with Gasteiger partial charge in [0.25, 0.3) is 5.91 Å². The van der Waals surface area contributed by atoms with Crippen LogP contribution in [0.1, 0.15) is 36.5 Å². The lowest BCUT2D eigenvalue weighted by molar-refractivity contribution is -0.123. The van der Waals surface area contributed by atoms with Crippen LogP contribution in [-0.4, -0.2) is 25.8 Å². The Bertz CT molecular complexity index is 946. The van der Waals surface area contributed by atoms with Gasteiger partial charge >= 0.3 is 0 Å². The molecule has 0 bridgehead atoms. The molecule has 0 aliphatic heterocycles. The number of ether oxygens (including phenoxy) is 2. The topological polar surface area (TPSA) is 59.9 Å². The van der Waals surface area contributed by atoms with Crippen molar-refractivity contribution >= 4 is 75.8 Å². The van der Waals surface area contributed by atoms with Crippen LogP contribution in [-0.2, 0) is 4.79 Å². The number of hydrazone groups is 1. The number of nitrogens with zero attached hydrogens (tertiary/aromatic N) is 1. The van der Waals surface area contributed by atoms with Crippen LogP contribution in [0.15, 0.2) is 41.2 Å². The Morgan fingerprint density at radius 3 is 2.45 bits per heavy atom. The van der Waals surface area contributed by atoms with E-state index in [-0.39, 0.29) is 18.4 Å². The van der Waals surface area contributed by atoms with E-state index in [4.69, 9.17) is 9.47 Å². The second-order valence-corrected chi connectivity index (χ2v) is 9.88. The van der Waals surface area contributed by atoms with E-state index in [0.29, 0.717) is 17.1 Å². The molecule has 1 amide bonds. The molecule has 29 heavy (non-hydrogen) atoms. The third-order valence-corrected chi connectivity index (χ3v) is 6.86. The van der Waals surface area contributed by atoms with Crippen molar-refractivity contribution in [2.45, 2.75) is 26.7 Å². The minimum Gasteiger partial charge on any atom is -0.495 e. The molecular formula is C20H20Br4N2O3. The number of methoxy groups -OCH3 is 1. The molecule has 0 aromatic heterocycles. The van der Waals surface area contributed by atoms with Gasteiger partial charge in [-0.25, -0.2) is 5.43 Å². The van der Waals surface area contributed by atoms with Crippen LogP contribution in [0, 0.1) is 6.92 Å². The molecule has 9 heteroatoms. The fourth-order valence-corrected chi connectivity index (χ4v) is 5.21. The van der Waals surface area contributed by atoms with Crippen molar-refractivity contribution in [3.8, 4) is 11.5 Å². The standard InChI is InChI=1S/C20H20Br4N2O3/c1-10(2)14-7-15(22)11(3)18(24)20(14)29-9-17(27)26-25-8-12-5-13(21)6-16(23)19(12)28-4/h5-8,10H,9H2,1-4H3,(H,26,27)/b25-8-. The summed E-state index contributed by atoms with van der Waals surface area (Å²) >= 11 is 14.0. The summed E-state index contributed by atoms with van der Waals surface area (Å²) in [5.74, 6) is 1.16. The van der Waals surface area contributed by atoms with Crippen LogP contribution in [0.3, 0.4) is 0 Å². The minimum absolute atomic E-state index is 0.157. The molecule has 0 spiro atoms. The number of nitrogens with one attached hydrogen (secondary N) is 1. The first kappa shape index (κ1) is 24.4. The number of halogens is 4. The van der Waals surface area contributed by atoms with Gasteiger partial charge in [0, 0.05) is 14.5 Å². The lowest BCUT2D eigenvalue weighted by Gasteiger charge is -2.18. The van der Waals surface area contributed by atoms with Crippen LogP contribution < -0.4 is 14.9 Å². The number of benzene rings is 2. The Morgan fingerprint density at radius 1 is 1.14 bits per heavy atom. The van der Waals surface area contributed by atoms with E-state index in [1.165, 1.54) is 6.21 Å². The zero-order chi connectivity index (χ0) is 21.7. The molecule has 2 rings (SSSR count). The molecule has 0 fully saturated rings. The summed E-state index contributed by atoms with van der Waals surface area (Å²) in [5.41, 5.74) is 5.21. The van der Waals surface area contributed by atoms with E-state index >= 15 is 0 Å². The van der Waals surface area contributed by atoms with Crippen molar-refractivity contribution in [1.29, 1.82) is 0 Å². The number of carbonyl (C=O) groups is 1. The van der Waals surface area contributed by atoms with Crippen molar-refractivity contribution in [2.24, 2.45) is 5.10 Å². The highest BCUT2D eigenvalue weighted by Gasteiger charge is 2.17. The Labute approximate surface area is 204 Å². The number of amides is 1. The molecule has 156 valence electrons. The average Bonchev–Trinajstić information content (AvgIpc) is 2.64. The zero-order valence-electron chi connectivity index (χ0n) is 16.3. The van der Waals surface area contributed by atoms with Gasteiger partial charge in [0.1, 0.15) is 11.5 Å².